The Kier molecular flexibility index (Phi) is 4.56. The fourth-order valence-corrected chi connectivity index (χ4v) is 2.54. The van der Waals surface area contributed by atoms with Crippen molar-refractivity contribution in [2.45, 2.75) is 32.5 Å². The normalized spacial score (nSPS) is 23.1. The molecule has 0 bridgehead atoms. The van der Waals surface area contributed by atoms with Crippen molar-refractivity contribution in [3.05, 3.63) is 35.4 Å². The molecule has 0 spiro atoms. The standard InChI is InChI=1S/C15H22N2O2/c1-11-7-4-5-8-13(11)14-16-12(2)15(18)17(14)9-6-10-19-3/h4-5,7-8,12,14,16H,6,9-10H2,1-3H3. The van der Waals surface area contributed by atoms with E-state index in [0.717, 1.165) is 13.0 Å². The van der Waals surface area contributed by atoms with Gasteiger partial charge in [-0.15, -0.1) is 0 Å². The van der Waals surface area contributed by atoms with Crippen molar-refractivity contribution in [3.8, 4) is 0 Å². The van der Waals surface area contributed by atoms with E-state index < -0.39 is 0 Å². The van der Waals surface area contributed by atoms with Crippen molar-refractivity contribution in [3.63, 3.8) is 0 Å². The van der Waals surface area contributed by atoms with Gasteiger partial charge in [0.05, 0.1) is 6.04 Å². The molecule has 1 aliphatic heterocycles. The molecule has 2 rings (SSSR count). The van der Waals surface area contributed by atoms with Gasteiger partial charge in [-0.3, -0.25) is 10.1 Å². The zero-order chi connectivity index (χ0) is 13.8. The maximum absolute atomic E-state index is 12.2. The van der Waals surface area contributed by atoms with Crippen molar-refractivity contribution < 1.29 is 9.53 Å². The first-order valence-corrected chi connectivity index (χ1v) is 6.76. The minimum atomic E-state index is -0.118. The lowest BCUT2D eigenvalue weighted by Crippen LogP contribution is -2.32. The molecular formula is C15H22N2O2. The number of rotatable bonds is 5. The zero-order valence-electron chi connectivity index (χ0n) is 11.8. The summed E-state index contributed by atoms with van der Waals surface area (Å²) in [7, 11) is 1.69. The van der Waals surface area contributed by atoms with Gasteiger partial charge in [0.15, 0.2) is 0 Å². The number of aryl methyl sites for hydroxylation is 1. The third-order valence-corrected chi connectivity index (χ3v) is 3.60. The van der Waals surface area contributed by atoms with Gasteiger partial charge >= 0.3 is 0 Å². The molecule has 0 aromatic heterocycles. The number of carbonyl (C=O) groups is 1. The molecule has 1 N–H and O–H groups in total. The van der Waals surface area contributed by atoms with E-state index in [-0.39, 0.29) is 18.1 Å². The van der Waals surface area contributed by atoms with Crippen molar-refractivity contribution in [1.29, 1.82) is 0 Å². The summed E-state index contributed by atoms with van der Waals surface area (Å²) in [6, 6.07) is 8.09. The minimum absolute atomic E-state index is 0.0134. The molecule has 0 radical (unpaired) electrons. The predicted octanol–water partition coefficient (Wildman–Crippen LogP) is 1.85. The second-order valence-corrected chi connectivity index (χ2v) is 5.03. The first-order valence-electron chi connectivity index (χ1n) is 6.76. The van der Waals surface area contributed by atoms with Gasteiger partial charge < -0.3 is 9.64 Å². The van der Waals surface area contributed by atoms with Crippen LogP contribution in [0.4, 0.5) is 0 Å². The van der Waals surface area contributed by atoms with Gasteiger partial charge in [-0.05, 0) is 31.4 Å². The van der Waals surface area contributed by atoms with Crippen molar-refractivity contribution >= 4 is 5.91 Å². The average molecular weight is 262 g/mol. The highest BCUT2D eigenvalue weighted by atomic mass is 16.5. The molecule has 4 heteroatoms. The molecule has 1 aliphatic rings. The van der Waals surface area contributed by atoms with E-state index in [0.29, 0.717) is 6.61 Å². The van der Waals surface area contributed by atoms with Crippen LogP contribution in [-0.2, 0) is 9.53 Å². The number of benzene rings is 1. The summed E-state index contributed by atoms with van der Waals surface area (Å²) in [5.74, 6) is 0.171. The fourth-order valence-electron chi connectivity index (χ4n) is 2.54. The average Bonchev–Trinajstić information content (AvgIpc) is 2.68. The van der Waals surface area contributed by atoms with Gasteiger partial charge in [0, 0.05) is 20.3 Å². The highest BCUT2D eigenvalue weighted by Gasteiger charge is 2.36. The first-order chi connectivity index (χ1) is 9.15. The highest BCUT2D eigenvalue weighted by Crippen LogP contribution is 2.27. The Bertz CT molecular complexity index is 448. The second kappa shape index (κ2) is 6.17. The molecule has 2 unspecified atom stereocenters. The minimum Gasteiger partial charge on any atom is -0.385 e. The largest absolute Gasteiger partial charge is 0.385 e. The maximum Gasteiger partial charge on any atom is 0.241 e. The van der Waals surface area contributed by atoms with Crippen LogP contribution in [0.25, 0.3) is 0 Å². The van der Waals surface area contributed by atoms with Gasteiger partial charge in [0.25, 0.3) is 0 Å². The number of carbonyl (C=O) groups excluding carboxylic acids is 1. The quantitative estimate of drug-likeness (QED) is 0.823. The molecule has 1 aromatic carbocycles. The summed E-state index contributed by atoms with van der Waals surface area (Å²) in [5.41, 5.74) is 2.39. The smallest absolute Gasteiger partial charge is 0.241 e. The predicted molar refractivity (Wildman–Crippen MR) is 74.7 cm³/mol. The molecule has 1 amide bonds. The number of ether oxygens (including phenoxy) is 1. The van der Waals surface area contributed by atoms with Gasteiger partial charge in [-0.1, -0.05) is 24.3 Å². The first kappa shape index (κ1) is 14.0. The lowest BCUT2D eigenvalue weighted by molar-refractivity contribution is -0.130. The Balaban J connectivity index is 2.17. The molecule has 0 aliphatic carbocycles. The van der Waals surface area contributed by atoms with Crippen molar-refractivity contribution in [2.24, 2.45) is 0 Å². The van der Waals surface area contributed by atoms with E-state index in [1.54, 1.807) is 7.11 Å². The fraction of sp³-hybridized carbons (Fsp3) is 0.533. The number of hydrogen-bond donors (Lipinski definition) is 1. The van der Waals surface area contributed by atoms with Crippen molar-refractivity contribution in [2.75, 3.05) is 20.3 Å². The van der Waals surface area contributed by atoms with E-state index in [9.17, 15) is 4.79 Å². The molecule has 1 heterocycles. The van der Waals surface area contributed by atoms with Crippen LogP contribution in [0.3, 0.4) is 0 Å². The summed E-state index contributed by atoms with van der Waals surface area (Å²) >= 11 is 0. The van der Waals surface area contributed by atoms with Crippen LogP contribution >= 0.6 is 0 Å². The Labute approximate surface area is 114 Å². The second-order valence-electron chi connectivity index (χ2n) is 5.03. The van der Waals surface area contributed by atoms with E-state index >= 15 is 0 Å². The van der Waals surface area contributed by atoms with Crippen LogP contribution in [0.1, 0.15) is 30.6 Å². The number of methoxy groups -OCH3 is 1. The summed E-state index contributed by atoms with van der Waals surface area (Å²) in [6.07, 6.45) is 0.847. The lowest BCUT2D eigenvalue weighted by atomic mass is 10.1. The number of nitrogens with zero attached hydrogens (tertiary/aromatic N) is 1. The van der Waals surface area contributed by atoms with Crippen LogP contribution < -0.4 is 5.32 Å². The SMILES string of the molecule is COCCCN1C(=O)C(C)NC1c1ccccc1C. The van der Waals surface area contributed by atoms with E-state index in [1.165, 1.54) is 11.1 Å². The van der Waals surface area contributed by atoms with Gasteiger partial charge in [0.2, 0.25) is 5.91 Å². The van der Waals surface area contributed by atoms with Crippen LogP contribution in [0, 0.1) is 6.92 Å². The van der Waals surface area contributed by atoms with E-state index in [1.807, 2.05) is 24.0 Å². The summed E-state index contributed by atoms with van der Waals surface area (Å²) in [5, 5.41) is 3.37. The molecule has 1 fully saturated rings. The topological polar surface area (TPSA) is 41.6 Å². The molecular weight excluding hydrogens is 240 g/mol. The Morgan fingerprint density at radius 1 is 1.37 bits per heavy atom. The van der Waals surface area contributed by atoms with Crippen LogP contribution in [0.5, 0.6) is 0 Å². The molecule has 1 saturated heterocycles. The number of nitrogens with one attached hydrogen (secondary N) is 1. The molecule has 2 atom stereocenters. The van der Waals surface area contributed by atoms with Gasteiger partial charge in [0.1, 0.15) is 6.17 Å². The number of amides is 1. The van der Waals surface area contributed by atoms with Crippen LogP contribution in [0.2, 0.25) is 0 Å². The van der Waals surface area contributed by atoms with E-state index in [2.05, 4.69) is 24.4 Å². The maximum atomic E-state index is 12.2. The molecule has 104 valence electrons. The van der Waals surface area contributed by atoms with Gasteiger partial charge in [-0.2, -0.15) is 0 Å². The van der Waals surface area contributed by atoms with Gasteiger partial charge in [-0.25, -0.2) is 0 Å². The van der Waals surface area contributed by atoms with Crippen molar-refractivity contribution in [1.82, 2.24) is 10.2 Å². The lowest BCUT2D eigenvalue weighted by Gasteiger charge is -2.25. The monoisotopic (exact) mass is 262 g/mol. The third-order valence-electron chi connectivity index (χ3n) is 3.60. The summed E-state index contributed by atoms with van der Waals surface area (Å²) in [6.45, 7) is 5.41. The van der Waals surface area contributed by atoms with Crippen LogP contribution in [0.15, 0.2) is 24.3 Å². The molecule has 0 saturated carbocycles. The third kappa shape index (κ3) is 2.96. The van der Waals surface area contributed by atoms with Crippen LogP contribution in [-0.4, -0.2) is 37.1 Å². The Morgan fingerprint density at radius 3 is 2.79 bits per heavy atom. The Hall–Kier alpha value is -1.39. The number of hydrogen-bond acceptors (Lipinski definition) is 3. The molecule has 19 heavy (non-hydrogen) atoms. The summed E-state index contributed by atoms with van der Waals surface area (Å²) < 4.78 is 5.07. The zero-order valence-corrected chi connectivity index (χ0v) is 11.8. The molecule has 1 aromatic rings. The summed E-state index contributed by atoms with van der Waals surface area (Å²) in [4.78, 5) is 14.1. The highest BCUT2D eigenvalue weighted by molar-refractivity contribution is 5.84. The molecule has 4 nitrogen and oxygen atoms in total. The van der Waals surface area contributed by atoms with E-state index in [4.69, 9.17) is 4.74 Å². The Morgan fingerprint density at radius 2 is 2.11 bits per heavy atom.